The predicted molar refractivity (Wildman–Crippen MR) is 85.4 cm³/mol. The van der Waals surface area contributed by atoms with Crippen molar-refractivity contribution in [1.82, 2.24) is 9.55 Å². The second-order valence-corrected chi connectivity index (χ2v) is 5.18. The first-order valence-electron chi connectivity index (χ1n) is 7.09. The summed E-state index contributed by atoms with van der Waals surface area (Å²) in [6, 6.07) is 13.5. The average Bonchev–Trinajstić information content (AvgIpc) is 3.05. The maximum Gasteiger partial charge on any atom is 0.254 e. The fourth-order valence-electron chi connectivity index (χ4n) is 2.33. The van der Waals surface area contributed by atoms with Crippen molar-refractivity contribution < 1.29 is 4.42 Å². The molecule has 112 valence electrons. The zero-order valence-corrected chi connectivity index (χ0v) is 12.3. The predicted octanol–water partition coefficient (Wildman–Crippen LogP) is 2.41. The standard InChI is InChI=1S/C17H17N3O2/c1-20-16(21)11-14(19-17(20)18)8-7-12-4-2-5-13(10-12)15-6-3-9-22-15/h2-6,9-11H,7-8H2,1H3,(H2,18,19). The first-order chi connectivity index (χ1) is 10.6. The molecular formula is C17H17N3O2. The first kappa shape index (κ1) is 14.1. The molecule has 22 heavy (non-hydrogen) atoms. The Hall–Kier alpha value is -2.82. The normalized spacial score (nSPS) is 10.8. The Bertz CT molecular complexity index is 835. The van der Waals surface area contributed by atoms with Crippen LogP contribution in [0.2, 0.25) is 0 Å². The Morgan fingerprint density at radius 2 is 2.05 bits per heavy atom. The van der Waals surface area contributed by atoms with Crippen molar-refractivity contribution in [2.45, 2.75) is 12.8 Å². The van der Waals surface area contributed by atoms with Gasteiger partial charge in [-0.1, -0.05) is 18.2 Å². The lowest BCUT2D eigenvalue weighted by atomic mass is 10.0. The molecule has 0 fully saturated rings. The van der Waals surface area contributed by atoms with Crippen LogP contribution in [0.15, 0.2) is 57.9 Å². The van der Waals surface area contributed by atoms with Gasteiger partial charge in [-0.2, -0.15) is 0 Å². The zero-order valence-electron chi connectivity index (χ0n) is 12.3. The van der Waals surface area contributed by atoms with Crippen LogP contribution in [-0.4, -0.2) is 9.55 Å². The summed E-state index contributed by atoms with van der Waals surface area (Å²) in [6.07, 6.45) is 3.12. The van der Waals surface area contributed by atoms with E-state index in [9.17, 15) is 4.79 Å². The van der Waals surface area contributed by atoms with Gasteiger partial charge in [-0.05, 0) is 36.6 Å². The highest BCUT2D eigenvalue weighted by molar-refractivity contribution is 5.58. The molecule has 0 bridgehead atoms. The van der Waals surface area contributed by atoms with E-state index in [2.05, 4.69) is 17.1 Å². The summed E-state index contributed by atoms with van der Waals surface area (Å²) in [5.74, 6) is 1.09. The van der Waals surface area contributed by atoms with Crippen molar-refractivity contribution >= 4 is 5.95 Å². The van der Waals surface area contributed by atoms with E-state index in [1.807, 2.05) is 24.3 Å². The fourth-order valence-corrected chi connectivity index (χ4v) is 2.33. The van der Waals surface area contributed by atoms with Crippen LogP contribution >= 0.6 is 0 Å². The van der Waals surface area contributed by atoms with Gasteiger partial charge in [-0.3, -0.25) is 9.36 Å². The molecule has 2 N–H and O–H groups in total. The highest BCUT2D eigenvalue weighted by atomic mass is 16.3. The van der Waals surface area contributed by atoms with Gasteiger partial charge in [-0.25, -0.2) is 4.98 Å². The third kappa shape index (κ3) is 2.93. The van der Waals surface area contributed by atoms with Crippen LogP contribution in [-0.2, 0) is 19.9 Å². The lowest BCUT2D eigenvalue weighted by molar-refractivity contribution is 0.582. The molecule has 5 heteroatoms. The maximum absolute atomic E-state index is 11.7. The smallest absolute Gasteiger partial charge is 0.254 e. The van der Waals surface area contributed by atoms with Crippen LogP contribution in [0, 0.1) is 0 Å². The van der Waals surface area contributed by atoms with Gasteiger partial charge < -0.3 is 10.2 Å². The molecule has 0 saturated heterocycles. The van der Waals surface area contributed by atoms with E-state index in [4.69, 9.17) is 10.2 Å². The van der Waals surface area contributed by atoms with E-state index in [-0.39, 0.29) is 11.5 Å². The van der Waals surface area contributed by atoms with Gasteiger partial charge in [0.25, 0.3) is 5.56 Å². The Morgan fingerprint density at radius 3 is 2.77 bits per heavy atom. The van der Waals surface area contributed by atoms with Crippen molar-refractivity contribution in [3.05, 3.63) is 70.3 Å². The van der Waals surface area contributed by atoms with E-state index in [0.717, 1.165) is 23.3 Å². The summed E-state index contributed by atoms with van der Waals surface area (Å²) in [7, 11) is 1.61. The molecule has 0 spiro atoms. The minimum atomic E-state index is -0.133. The Labute approximate surface area is 128 Å². The van der Waals surface area contributed by atoms with Crippen LogP contribution in [0.4, 0.5) is 5.95 Å². The molecule has 3 aromatic rings. The van der Waals surface area contributed by atoms with Gasteiger partial charge in [0.2, 0.25) is 5.95 Å². The summed E-state index contributed by atoms with van der Waals surface area (Å²) < 4.78 is 6.74. The number of nitrogens with zero attached hydrogens (tertiary/aromatic N) is 2. The van der Waals surface area contributed by atoms with Gasteiger partial charge in [0, 0.05) is 18.7 Å². The average molecular weight is 295 g/mol. The van der Waals surface area contributed by atoms with Gasteiger partial charge >= 0.3 is 0 Å². The molecule has 0 aliphatic carbocycles. The molecule has 1 aromatic carbocycles. The molecule has 0 aliphatic rings. The van der Waals surface area contributed by atoms with Crippen molar-refractivity contribution in [1.29, 1.82) is 0 Å². The SMILES string of the molecule is Cn1c(N)nc(CCc2cccc(-c3ccco3)c2)cc1=O. The second-order valence-electron chi connectivity index (χ2n) is 5.18. The fraction of sp³-hybridized carbons (Fsp3) is 0.176. The molecule has 0 saturated carbocycles. The second kappa shape index (κ2) is 5.89. The third-order valence-corrected chi connectivity index (χ3v) is 3.62. The molecule has 2 heterocycles. The Balaban J connectivity index is 1.77. The minimum Gasteiger partial charge on any atom is -0.464 e. The molecule has 3 rings (SSSR count). The Morgan fingerprint density at radius 1 is 1.18 bits per heavy atom. The van der Waals surface area contributed by atoms with E-state index >= 15 is 0 Å². The van der Waals surface area contributed by atoms with Gasteiger partial charge in [0.05, 0.1) is 12.0 Å². The molecule has 0 aliphatic heterocycles. The lowest BCUT2D eigenvalue weighted by Crippen LogP contribution is -2.21. The molecule has 0 atom stereocenters. The van der Waals surface area contributed by atoms with Crippen molar-refractivity contribution in [2.24, 2.45) is 7.05 Å². The van der Waals surface area contributed by atoms with Crippen molar-refractivity contribution in [2.75, 3.05) is 5.73 Å². The van der Waals surface area contributed by atoms with Crippen molar-refractivity contribution in [3.8, 4) is 11.3 Å². The van der Waals surface area contributed by atoms with E-state index in [1.165, 1.54) is 10.6 Å². The number of anilines is 1. The van der Waals surface area contributed by atoms with E-state index in [0.29, 0.717) is 12.1 Å². The van der Waals surface area contributed by atoms with Crippen molar-refractivity contribution in [3.63, 3.8) is 0 Å². The number of furan rings is 1. The number of rotatable bonds is 4. The molecule has 2 aromatic heterocycles. The summed E-state index contributed by atoms with van der Waals surface area (Å²) >= 11 is 0. The van der Waals surface area contributed by atoms with Gasteiger partial charge in [-0.15, -0.1) is 0 Å². The highest BCUT2D eigenvalue weighted by Crippen LogP contribution is 2.21. The van der Waals surface area contributed by atoms with Crippen LogP contribution in [0.3, 0.4) is 0 Å². The highest BCUT2D eigenvalue weighted by Gasteiger charge is 2.05. The zero-order chi connectivity index (χ0) is 15.5. The largest absolute Gasteiger partial charge is 0.464 e. The summed E-state index contributed by atoms with van der Waals surface area (Å²) in [4.78, 5) is 16.0. The summed E-state index contributed by atoms with van der Waals surface area (Å²) in [5, 5.41) is 0. The third-order valence-electron chi connectivity index (χ3n) is 3.62. The quantitative estimate of drug-likeness (QED) is 0.802. The number of hydrogen-bond acceptors (Lipinski definition) is 4. The number of nitrogen functional groups attached to an aromatic ring is 1. The number of aryl methyl sites for hydroxylation is 2. The monoisotopic (exact) mass is 295 g/mol. The van der Waals surface area contributed by atoms with Crippen LogP contribution < -0.4 is 11.3 Å². The Kier molecular flexibility index (Phi) is 3.78. The first-order valence-corrected chi connectivity index (χ1v) is 7.09. The number of nitrogens with two attached hydrogens (primary N) is 1. The van der Waals surface area contributed by atoms with Gasteiger partial charge in [0.15, 0.2) is 0 Å². The molecule has 5 nitrogen and oxygen atoms in total. The molecule has 0 amide bonds. The number of benzene rings is 1. The summed E-state index contributed by atoms with van der Waals surface area (Å²) in [5.41, 5.74) is 8.50. The van der Waals surface area contributed by atoms with E-state index in [1.54, 1.807) is 13.3 Å². The van der Waals surface area contributed by atoms with Crippen LogP contribution in [0.25, 0.3) is 11.3 Å². The molecule has 0 radical (unpaired) electrons. The number of hydrogen-bond donors (Lipinski definition) is 1. The molecular weight excluding hydrogens is 278 g/mol. The van der Waals surface area contributed by atoms with E-state index < -0.39 is 0 Å². The maximum atomic E-state index is 11.7. The summed E-state index contributed by atoms with van der Waals surface area (Å²) in [6.45, 7) is 0. The molecule has 0 unspecified atom stereocenters. The van der Waals surface area contributed by atoms with Crippen LogP contribution in [0.1, 0.15) is 11.3 Å². The minimum absolute atomic E-state index is 0.133. The topological polar surface area (TPSA) is 74.1 Å². The van der Waals surface area contributed by atoms with Gasteiger partial charge in [0.1, 0.15) is 5.76 Å². The van der Waals surface area contributed by atoms with Crippen LogP contribution in [0.5, 0.6) is 0 Å². The lowest BCUT2D eigenvalue weighted by Gasteiger charge is -2.06. The number of aromatic nitrogens is 2.